The minimum Gasteiger partial charge on any atom is -0.236 e. The van der Waals surface area contributed by atoms with Crippen LogP contribution in [0.2, 0.25) is 0 Å². The molecule has 0 bridgehead atoms. The average Bonchev–Trinajstić information content (AvgIpc) is 3.01. The molecule has 0 amide bonds. The molecule has 2 nitrogen and oxygen atoms in total. The summed E-state index contributed by atoms with van der Waals surface area (Å²) >= 11 is 1.77. The van der Waals surface area contributed by atoms with E-state index in [-0.39, 0.29) is 0 Å². The van der Waals surface area contributed by atoms with Crippen molar-refractivity contribution in [1.82, 2.24) is 9.97 Å². The number of aryl methyl sites for hydroxylation is 1. The first kappa shape index (κ1) is 15.4. The zero-order chi connectivity index (χ0) is 16.2. The van der Waals surface area contributed by atoms with E-state index in [1.54, 1.807) is 17.4 Å². The van der Waals surface area contributed by atoms with Gasteiger partial charge in [0.05, 0.1) is 0 Å². The van der Waals surface area contributed by atoms with E-state index < -0.39 is 0 Å². The van der Waals surface area contributed by atoms with Crippen molar-refractivity contribution in [2.75, 3.05) is 0 Å². The number of fused-ring (bicyclic) bond motifs is 1. The fourth-order valence-electron chi connectivity index (χ4n) is 2.36. The van der Waals surface area contributed by atoms with Crippen molar-refractivity contribution in [3.05, 3.63) is 83.8 Å². The highest BCUT2D eigenvalue weighted by atomic mass is 32.1. The number of benzene rings is 1. The number of rotatable bonds is 4. The standard InChI is InChI=1S/C20H18N2S/c1-4-16(20-21-11-14(2)12-22-20)10-9-15(3)18-13-23-19-8-6-5-7-17(18)19/h4-13H,1H2,2-3H3/b15-9+,16-10+. The largest absolute Gasteiger partial charge is 0.236 e. The highest BCUT2D eigenvalue weighted by molar-refractivity contribution is 7.17. The first-order valence-corrected chi connectivity index (χ1v) is 8.33. The fourth-order valence-corrected chi connectivity index (χ4v) is 3.38. The van der Waals surface area contributed by atoms with E-state index in [4.69, 9.17) is 0 Å². The van der Waals surface area contributed by atoms with Crippen LogP contribution in [0.25, 0.3) is 21.2 Å². The fraction of sp³-hybridized carbons (Fsp3) is 0.100. The third-order valence-electron chi connectivity index (χ3n) is 3.68. The Labute approximate surface area is 140 Å². The van der Waals surface area contributed by atoms with Crippen molar-refractivity contribution >= 4 is 32.6 Å². The van der Waals surface area contributed by atoms with E-state index in [0.29, 0.717) is 5.82 Å². The molecule has 3 heteroatoms. The lowest BCUT2D eigenvalue weighted by molar-refractivity contribution is 1.09. The SMILES string of the molecule is C=C/C(=C\C=C(/C)c1csc2ccccc12)c1ncc(C)cn1. The van der Waals surface area contributed by atoms with Crippen LogP contribution in [-0.4, -0.2) is 9.97 Å². The first-order valence-electron chi connectivity index (χ1n) is 7.45. The molecule has 0 aliphatic rings. The van der Waals surface area contributed by atoms with Crippen LogP contribution in [0.15, 0.2) is 66.8 Å². The average molecular weight is 318 g/mol. The number of nitrogens with zero attached hydrogens (tertiary/aromatic N) is 2. The van der Waals surface area contributed by atoms with Gasteiger partial charge in [-0.3, -0.25) is 0 Å². The molecule has 3 aromatic rings. The highest BCUT2D eigenvalue weighted by Crippen LogP contribution is 2.30. The molecule has 0 radical (unpaired) electrons. The summed E-state index contributed by atoms with van der Waals surface area (Å²) in [5.41, 5.74) is 4.46. The van der Waals surface area contributed by atoms with Gasteiger partial charge >= 0.3 is 0 Å². The van der Waals surface area contributed by atoms with Crippen LogP contribution >= 0.6 is 11.3 Å². The van der Waals surface area contributed by atoms with E-state index in [0.717, 1.165) is 11.1 Å². The maximum atomic E-state index is 4.36. The number of allylic oxidation sites excluding steroid dienone is 5. The summed E-state index contributed by atoms with van der Waals surface area (Å²) in [6.45, 7) is 7.98. The zero-order valence-electron chi connectivity index (χ0n) is 13.3. The molecular weight excluding hydrogens is 300 g/mol. The Balaban J connectivity index is 1.96. The van der Waals surface area contributed by atoms with E-state index in [1.165, 1.54) is 21.2 Å². The summed E-state index contributed by atoms with van der Waals surface area (Å²) in [6.07, 6.45) is 9.57. The summed E-state index contributed by atoms with van der Waals surface area (Å²) in [4.78, 5) is 8.72. The molecule has 1 aromatic carbocycles. The van der Waals surface area contributed by atoms with Crippen LogP contribution in [0.4, 0.5) is 0 Å². The molecule has 0 saturated carbocycles. The summed E-state index contributed by atoms with van der Waals surface area (Å²) in [7, 11) is 0. The molecule has 0 atom stereocenters. The van der Waals surface area contributed by atoms with Crippen LogP contribution in [0.5, 0.6) is 0 Å². The van der Waals surface area contributed by atoms with Crippen molar-refractivity contribution in [2.45, 2.75) is 13.8 Å². The quantitative estimate of drug-likeness (QED) is 0.579. The Kier molecular flexibility index (Phi) is 4.49. The van der Waals surface area contributed by atoms with E-state index >= 15 is 0 Å². The first-order chi connectivity index (χ1) is 11.2. The zero-order valence-corrected chi connectivity index (χ0v) is 14.1. The maximum absolute atomic E-state index is 4.36. The molecule has 23 heavy (non-hydrogen) atoms. The number of hydrogen-bond donors (Lipinski definition) is 0. The van der Waals surface area contributed by atoms with Gasteiger partial charge in [0.15, 0.2) is 5.82 Å². The third-order valence-corrected chi connectivity index (χ3v) is 4.64. The topological polar surface area (TPSA) is 25.8 Å². The smallest absolute Gasteiger partial charge is 0.159 e. The lowest BCUT2D eigenvalue weighted by atomic mass is 10.1. The second-order valence-corrected chi connectivity index (χ2v) is 6.32. The summed E-state index contributed by atoms with van der Waals surface area (Å²) < 4.78 is 1.31. The maximum Gasteiger partial charge on any atom is 0.159 e. The van der Waals surface area contributed by atoms with Gasteiger partial charge in [-0.15, -0.1) is 11.3 Å². The molecular formula is C20H18N2S. The highest BCUT2D eigenvalue weighted by Gasteiger charge is 2.05. The monoisotopic (exact) mass is 318 g/mol. The molecule has 0 fully saturated rings. The van der Waals surface area contributed by atoms with Gasteiger partial charge in [-0.2, -0.15) is 0 Å². The van der Waals surface area contributed by atoms with Crippen molar-refractivity contribution in [3.8, 4) is 0 Å². The molecule has 2 aromatic heterocycles. The van der Waals surface area contributed by atoms with Gasteiger partial charge in [0.2, 0.25) is 0 Å². The van der Waals surface area contributed by atoms with Crippen molar-refractivity contribution in [2.24, 2.45) is 0 Å². The van der Waals surface area contributed by atoms with Crippen LogP contribution in [-0.2, 0) is 0 Å². The molecule has 0 aliphatic carbocycles. The molecule has 114 valence electrons. The Morgan fingerprint density at radius 1 is 1.13 bits per heavy atom. The molecule has 0 unspecified atom stereocenters. The second-order valence-electron chi connectivity index (χ2n) is 5.41. The van der Waals surface area contributed by atoms with Gasteiger partial charge in [-0.1, -0.05) is 43.0 Å². The Morgan fingerprint density at radius 3 is 2.61 bits per heavy atom. The minimum absolute atomic E-state index is 0.699. The molecule has 0 aliphatic heterocycles. The summed E-state index contributed by atoms with van der Waals surface area (Å²) in [6, 6.07) is 8.48. The van der Waals surface area contributed by atoms with Crippen molar-refractivity contribution < 1.29 is 0 Å². The number of hydrogen-bond acceptors (Lipinski definition) is 3. The van der Waals surface area contributed by atoms with E-state index in [9.17, 15) is 0 Å². The van der Waals surface area contributed by atoms with Gasteiger partial charge in [0.1, 0.15) is 0 Å². The Bertz CT molecular complexity index is 899. The van der Waals surface area contributed by atoms with E-state index in [2.05, 4.69) is 59.2 Å². The minimum atomic E-state index is 0.699. The summed E-state index contributed by atoms with van der Waals surface area (Å²) in [5.74, 6) is 0.699. The van der Waals surface area contributed by atoms with Crippen LogP contribution in [0.1, 0.15) is 23.9 Å². The molecule has 3 rings (SSSR count). The van der Waals surface area contributed by atoms with Gasteiger partial charge in [0, 0.05) is 22.7 Å². The number of aromatic nitrogens is 2. The lowest BCUT2D eigenvalue weighted by Crippen LogP contribution is -1.92. The van der Waals surface area contributed by atoms with Crippen LogP contribution in [0, 0.1) is 6.92 Å². The normalized spacial score (nSPS) is 12.6. The molecule has 2 heterocycles. The lowest BCUT2D eigenvalue weighted by Gasteiger charge is -2.01. The third kappa shape index (κ3) is 3.30. The van der Waals surface area contributed by atoms with Gasteiger partial charge in [0.25, 0.3) is 0 Å². The van der Waals surface area contributed by atoms with Crippen molar-refractivity contribution in [3.63, 3.8) is 0 Å². The Hall–Kier alpha value is -2.52. The second kappa shape index (κ2) is 6.71. The van der Waals surface area contributed by atoms with E-state index in [1.807, 2.05) is 25.4 Å². The predicted octanol–water partition coefficient (Wildman–Crippen LogP) is 5.67. The van der Waals surface area contributed by atoms with Gasteiger partial charge in [-0.05, 0) is 47.4 Å². The molecule has 0 saturated heterocycles. The van der Waals surface area contributed by atoms with Gasteiger partial charge in [-0.25, -0.2) is 9.97 Å². The Morgan fingerprint density at radius 2 is 1.87 bits per heavy atom. The van der Waals surface area contributed by atoms with Crippen molar-refractivity contribution in [1.29, 1.82) is 0 Å². The summed E-state index contributed by atoms with van der Waals surface area (Å²) in [5, 5.41) is 3.51. The van der Waals surface area contributed by atoms with Crippen LogP contribution in [0.3, 0.4) is 0 Å². The molecule has 0 spiro atoms. The van der Waals surface area contributed by atoms with Crippen LogP contribution < -0.4 is 0 Å². The predicted molar refractivity (Wildman–Crippen MR) is 100 cm³/mol. The number of thiophene rings is 1. The van der Waals surface area contributed by atoms with Gasteiger partial charge < -0.3 is 0 Å². The molecule has 0 N–H and O–H groups in total.